The van der Waals surface area contributed by atoms with Gasteiger partial charge in [0.25, 0.3) is 0 Å². The fourth-order valence-corrected chi connectivity index (χ4v) is 5.40. The molecule has 196 valence electrons. The summed E-state index contributed by atoms with van der Waals surface area (Å²) in [7, 11) is 0. The van der Waals surface area contributed by atoms with Gasteiger partial charge in [0.1, 0.15) is 11.2 Å². The number of rotatable bonds is 6. The number of benzene rings is 1. The van der Waals surface area contributed by atoms with Crippen molar-refractivity contribution < 1.29 is 4.79 Å². The number of fused-ring (bicyclic) bond motifs is 2. The van der Waals surface area contributed by atoms with Gasteiger partial charge in [-0.3, -0.25) is 14.9 Å². The zero-order chi connectivity index (χ0) is 27.1. The number of nitrogens with zero attached hydrogens (tertiary/aromatic N) is 4. The summed E-state index contributed by atoms with van der Waals surface area (Å²) < 4.78 is 0. The van der Waals surface area contributed by atoms with Gasteiger partial charge in [-0.2, -0.15) is 16.4 Å². The Morgan fingerprint density at radius 3 is 2.69 bits per heavy atom. The van der Waals surface area contributed by atoms with E-state index in [4.69, 9.17) is 4.98 Å². The van der Waals surface area contributed by atoms with Gasteiger partial charge in [0.2, 0.25) is 5.91 Å². The van der Waals surface area contributed by atoms with Crippen LogP contribution >= 0.6 is 11.3 Å². The third-order valence-electron chi connectivity index (χ3n) is 6.58. The number of pyridine rings is 2. The van der Waals surface area contributed by atoms with E-state index >= 15 is 0 Å². The van der Waals surface area contributed by atoms with Crippen molar-refractivity contribution in [1.29, 1.82) is 0 Å². The number of nitrogens with one attached hydrogen (secondary N) is 3. The van der Waals surface area contributed by atoms with Crippen molar-refractivity contribution in [2.75, 3.05) is 5.32 Å². The summed E-state index contributed by atoms with van der Waals surface area (Å²) >= 11 is 1.64. The topological polar surface area (TPSA) is 112 Å². The molecule has 0 unspecified atom stereocenters. The van der Waals surface area contributed by atoms with E-state index in [9.17, 15) is 4.79 Å². The number of aromatic amines is 2. The van der Waals surface area contributed by atoms with E-state index in [1.165, 1.54) is 0 Å². The number of amides is 1. The number of H-pyrrole nitrogens is 2. The molecule has 6 rings (SSSR count). The minimum Gasteiger partial charge on any atom is -0.335 e. The molecule has 0 saturated carbocycles. The van der Waals surface area contributed by atoms with E-state index in [2.05, 4.69) is 81.7 Å². The van der Waals surface area contributed by atoms with Gasteiger partial charge in [-0.15, -0.1) is 0 Å². The fraction of sp³-hybridized carbons (Fsp3) is 0.233. The summed E-state index contributed by atoms with van der Waals surface area (Å²) in [5, 5.41) is 15.6. The van der Waals surface area contributed by atoms with Crippen LogP contribution in [0.5, 0.6) is 0 Å². The number of carbonyl (C=O) groups is 1. The Hall–Kier alpha value is -4.37. The van der Waals surface area contributed by atoms with Crippen molar-refractivity contribution >= 4 is 45.0 Å². The molecule has 0 bridgehead atoms. The normalized spacial score (nSPS) is 11.9. The minimum absolute atomic E-state index is 0.00796. The van der Waals surface area contributed by atoms with Crippen molar-refractivity contribution in [2.45, 2.75) is 40.5 Å². The molecule has 5 heterocycles. The fourth-order valence-electron chi connectivity index (χ4n) is 4.74. The molecular weight excluding hydrogens is 506 g/mol. The first-order valence-corrected chi connectivity index (χ1v) is 13.9. The maximum absolute atomic E-state index is 12.6. The van der Waals surface area contributed by atoms with Gasteiger partial charge in [-0.25, -0.2) is 9.97 Å². The Morgan fingerprint density at radius 1 is 1.05 bits per heavy atom. The molecule has 9 heteroatoms. The summed E-state index contributed by atoms with van der Waals surface area (Å²) in [6, 6.07) is 10.3. The highest BCUT2D eigenvalue weighted by Gasteiger charge is 2.18. The van der Waals surface area contributed by atoms with Crippen LogP contribution in [-0.2, 0) is 11.2 Å². The summed E-state index contributed by atoms with van der Waals surface area (Å²) in [6.07, 6.45) is 6.75. The molecule has 1 amide bonds. The molecule has 3 N–H and O–H groups in total. The summed E-state index contributed by atoms with van der Waals surface area (Å²) in [4.78, 5) is 30.0. The van der Waals surface area contributed by atoms with E-state index in [1.54, 1.807) is 17.5 Å². The van der Waals surface area contributed by atoms with Crippen molar-refractivity contribution in [3.63, 3.8) is 0 Å². The first kappa shape index (κ1) is 24.9. The van der Waals surface area contributed by atoms with Gasteiger partial charge in [-0.1, -0.05) is 33.8 Å². The second kappa shape index (κ2) is 9.74. The predicted octanol–water partition coefficient (Wildman–Crippen LogP) is 7.23. The minimum atomic E-state index is -0.0842. The Morgan fingerprint density at radius 2 is 1.92 bits per heavy atom. The van der Waals surface area contributed by atoms with E-state index in [0.29, 0.717) is 17.9 Å². The second-order valence-corrected chi connectivity index (χ2v) is 11.7. The predicted molar refractivity (Wildman–Crippen MR) is 158 cm³/mol. The van der Waals surface area contributed by atoms with Crippen LogP contribution in [0.4, 0.5) is 5.69 Å². The summed E-state index contributed by atoms with van der Waals surface area (Å²) in [6.45, 7) is 8.29. The zero-order valence-electron chi connectivity index (χ0n) is 22.3. The van der Waals surface area contributed by atoms with E-state index in [0.717, 1.165) is 62.0 Å². The Bertz CT molecular complexity index is 1810. The number of carbonyl (C=O) groups excluding carboxylic acids is 1. The monoisotopic (exact) mass is 535 g/mol. The largest absolute Gasteiger partial charge is 0.335 e. The number of imidazole rings is 1. The SMILES string of the molecule is CCc1cc(NC(=O)CC(C)(C)C)cc(-c2cnc3n[nH]c(-c4nc5c(-c6ccsc6)cncc5[nH]4)c3c2)c1. The Labute approximate surface area is 230 Å². The third kappa shape index (κ3) is 5.05. The number of aryl methyl sites for hydroxylation is 1. The van der Waals surface area contributed by atoms with Crippen LogP contribution in [-0.4, -0.2) is 36.0 Å². The molecular formula is C30H29N7OS. The molecule has 0 spiro atoms. The summed E-state index contributed by atoms with van der Waals surface area (Å²) in [5.41, 5.74) is 8.91. The molecule has 6 aromatic rings. The lowest BCUT2D eigenvalue weighted by Gasteiger charge is -2.18. The van der Waals surface area contributed by atoms with Crippen molar-refractivity contribution in [1.82, 2.24) is 30.1 Å². The smallest absolute Gasteiger partial charge is 0.224 e. The van der Waals surface area contributed by atoms with Gasteiger partial charge < -0.3 is 10.3 Å². The highest BCUT2D eigenvalue weighted by atomic mass is 32.1. The Kier molecular flexibility index (Phi) is 6.23. The van der Waals surface area contributed by atoms with Gasteiger partial charge in [0.15, 0.2) is 11.5 Å². The quantitative estimate of drug-likeness (QED) is 0.208. The van der Waals surface area contributed by atoms with Crippen LogP contribution in [0, 0.1) is 5.41 Å². The van der Waals surface area contributed by atoms with Gasteiger partial charge >= 0.3 is 0 Å². The highest BCUT2D eigenvalue weighted by Crippen LogP contribution is 2.33. The standard InChI is InChI=1S/C30H29N7OS/c1-5-17-8-19(10-21(9-17)33-25(38)12-30(2,3)4)20-11-22-27(36-37-28(22)32-13-20)29-34-24-15-31-14-23(26(24)35-29)18-6-7-39-16-18/h6-11,13-16H,5,12H2,1-4H3,(H,33,38)(H,34,35)(H,32,36,37). The Balaban J connectivity index is 1.39. The van der Waals surface area contributed by atoms with E-state index < -0.39 is 0 Å². The van der Waals surface area contributed by atoms with Crippen LogP contribution in [0.1, 0.15) is 39.7 Å². The van der Waals surface area contributed by atoms with E-state index in [1.807, 2.05) is 29.9 Å². The number of anilines is 1. The van der Waals surface area contributed by atoms with Crippen LogP contribution in [0.3, 0.4) is 0 Å². The molecule has 0 atom stereocenters. The van der Waals surface area contributed by atoms with Crippen LogP contribution in [0.15, 0.2) is 59.7 Å². The summed E-state index contributed by atoms with van der Waals surface area (Å²) in [5.74, 6) is 0.682. The molecule has 5 aromatic heterocycles. The number of hydrogen-bond acceptors (Lipinski definition) is 6. The second-order valence-electron chi connectivity index (χ2n) is 10.9. The van der Waals surface area contributed by atoms with Gasteiger partial charge in [-0.05, 0) is 63.6 Å². The zero-order valence-corrected chi connectivity index (χ0v) is 23.1. The highest BCUT2D eigenvalue weighted by molar-refractivity contribution is 7.08. The average Bonchev–Trinajstić information content (AvgIpc) is 3.66. The van der Waals surface area contributed by atoms with Crippen LogP contribution in [0.2, 0.25) is 0 Å². The van der Waals surface area contributed by atoms with Crippen molar-refractivity contribution in [2.24, 2.45) is 5.41 Å². The van der Waals surface area contributed by atoms with Crippen LogP contribution < -0.4 is 5.32 Å². The maximum Gasteiger partial charge on any atom is 0.224 e. The molecule has 8 nitrogen and oxygen atoms in total. The molecule has 0 saturated heterocycles. The van der Waals surface area contributed by atoms with E-state index in [-0.39, 0.29) is 11.3 Å². The molecule has 0 aliphatic carbocycles. The van der Waals surface area contributed by atoms with Crippen molar-refractivity contribution in [3.05, 3.63) is 65.2 Å². The number of hydrogen-bond donors (Lipinski definition) is 3. The number of thiophene rings is 1. The first-order chi connectivity index (χ1) is 18.8. The molecule has 0 aliphatic rings. The molecule has 1 aromatic carbocycles. The first-order valence-electron chi connectivity index (χ1n) is 12.9. The molecule has 39 heavy (non-hydrogen) atoms. The molecule has 0 radical (unpaired) electrons. The maximum atomic E-state index is 12.6. The lowest BCUT2D eigenvalue weighted by molar-refractivity contribution is -0.117. The third-order valence-corrected chi connectivity index (χ3v) is 7.27. The molecule has 0 fully saturated rings. The average molecular weight is 536 g/mol. The number of aromatic nitrogens is 6. The molecule has 0 aliphatic heterocycles. The lowest BCUT2D eigenvalue weighted by Crippen LogP contribution is -2.19. The van der Waals surface area contributed by atoms with Gasteiger partial charge in [0, 0.05) is 35.6 Å². The van der Waals surface area contributed by atoms with Crippen LogP contribution in [0.25, 0.3) is 55.8 Å². The van der Waals surface area contributed by atoms with Gasteiger partial charge in [0.05, 0.1) is 17.1 Å². The lowest BCUT2D eigenvalue weighted by atomic mass is 9.92. The van der Waals surface area contributed by atoms with Crippen molar-refractivity contribution in [3.8, 4) is 33.8 Å².